The minimum atomic E-state index is 0.484. The molecule has 1 fully saturated rings. The lowest BCUT2D eigenvalue weighted by atomic mass is 10.2. The molecule has 1 saturated carbocycles. The Morgan fingerprint density at radius 3 is 2.77 bits per heavy atom. The van der Waals surface area contributed by atoms with Gasteiger partial charge in [0.05, 0.1) is 5.75 Å². The topological polar surface area (TPSA) is 82.0 Å². The van der Waals surface area contributed by atoms with Gasteiger partial charge in [-0.05, 0) is 39.2 Å². The zero-order chi connectivity index (χ0) is 15.3. The Bertz CT molecular complexity index is 851. The van der Waals surface area contributed by atoms with E-state index in [-0.39, 0.29) is 0 Å². The summed E-state index contributed by atoms with van der Waals surface area (Å²) in [6.45, 7) is 6.06. The molecule has 0 aromatic carbocycles. The molecular weight excluding hydrogens is 300 g/mol. The van der Waals surface area contributed by atoms with Crippen LogP contribution in [-0.2, 0) is 5.75 Å². The summed E-state index contributed by atoms with van der Waals surface area (Å²) in [7, 11) is 0. The zero-order valence-electron chi connectivity index (χ0n) is 12.7. The summed E-state index contributed by atoms with van der Waals surface area (Å²) in [5.74, 6) is 3.09. The number of fused-ring (bicyclic) bond motifs is 1. The lowest BCUT2D eigenvalue weighted by Gasteiger charge is -2.04. The fourth-order valence-electron chi connectivity index (χ4n) is 2.25. The van der Waals surface area contributed by atoms with Gasteiger partial charge < -0.3 is 4.42 Å². The van der Waals surface area contributed by atoms with Crippen LogP contribution in [0.4, 0.5) is 0 Å². The van der Waals surface area contributed by atoms with Crippen molar-refractivity contribution >= 4 is 17.5 Å². The lowest BCUT2D eigenvalue weighted by Crippen LogP contribution is -2.02. The van der Waals surface area contributed by atoms with Crippen LogP contribution in [0.2, 0.25) is 0 Å². The number of nitrogens with zero attached hydrogens (tertiary/aromatic N) is 6. The first kappa shape index (κ1) is 13.7. The molecule has 8 heteroatoms. The van der Waals surface area contributed by atoms with Gasteiger partial charge in [-0.25, -0.2) is 9.50 Å². The average molecular weight is 316 g/mol. The average Bonchev–Trinajstić information content (AvgIpc) is 3.10. The predicted molar refractivity (Wildman–Crippen MR) is 80.8 cm³/mol. The van der Waals surface area contributed by atoms with E-state index in [0.717, 1.165) is 35.7 Å². The van der Waals surface area contributed by atoms with Gasteiger partial charge in [0.2, 0.25) is 16.9 Å². The lowest BCUT2D eigenvalue weighted by molar-refractivity contribution is 0.466. The predicted octanol–water partition coefficient (Wildman–Crippen LogP) is 2.60. The molecule has 0 radical (unpaired) electrons. The maximum atomic E-state index is 5.64. The van der Waals surface area contributed by atoms with E-state index in [0.29, 0.717) is 28.5 Å². The summed E-state index contributed by atoms with van der Waals surface area (Å²) >= 11 is 1.49. The molecule has 3 aromatic rings. The van der Waals surface area contributed by atoms with E-state index in [1.807, 2.05) is 20.8 Å². The minimum absolute atomic E-state index is 0.484. The summed E-state index contributed by atoms with van der Waals surface area (Å²) in [6.07, 6.45) is 2.32. The quantitative estimate of drug-likeness (QED) is 0.684. The molecule has 0 aliphatic heterocycles. The van der Waals surface area contributed by atoms with Gasteiger partial charge in [0.1, 0.15) is 0 Å². The molecule has 0 amide bonds. The van der Waals surface area contributed by atoms with Gasteiger partial charge >= 0.3 is 0 Å². The van der Waals surface area contributed by atoms with Crippen molar-refractivity contribution in [2.45, 2.75) is 50.4 Å². The highest BCUT2D eigenvalue weighted by Gasteiger charge is 2.29. The van der Waals surface area contributed by atoms with Crippen molar-refractivity contribution in [2.75, 3.05) is 0 Å². The third-order valence-electron chi connectivity index (χ3n) is 3.98. The van der Waals surface area contributed by atoms with Crippen LogP contribution in [-0.4, -0.2) is 29.8 Å². The molecular formula is C14H16N6OS. The number of hydrogen-bond donors (Lipinski definition) is 0. The second-order valence-electron chi connectivity index (χ2n) is 5.61. The smallest absolute Gasteiger partial charge is 0.253 e. The van der Waals surface area contributed by atoms with Gasteiger partial charge in [-0.3, -0.25) is 0 Å². The number of hydrogen-bond acceptors (Lipinski definition) is 7. The maximum absolute atomic E-state index is 5.64. The van der Waals surface area contributed by atoms with Gasteiger partial charge in [-0.1, -0.05) is 11.8 Å². The Balaban J connectivity index is 1.54. The van der Waals surface area contributed by atoms with Gasteiger partial charge in [0, 0.05) is 17.3 Å². The third kappa shape index (κ3) is 2.37. The van der Waals surface area contributed by atoms with Crippen LogP contribution in [0.15, 0.2) is 9.57 Å². The Morgan fingerprint density at radius 1 is 1.18 bits per heavy atom. The first-order valence-electron chi connectivity index (χ1n) is 7.27. The van der Waals surface area contributed by atoms with Crippen LogP contribution in [0.5, 0.6) is 0 Å². The molecule has 0 N–H and O–H groups in total. The summed E-state index contributed by atoms with van der Waals surface area (Å²) in [5.41, 5.74) is 3.19. The molecule has 1 aliphatic carbocycles. The molecule has 0 saturated heterocycles. The van der Waals surface area contributed by atoms with Crippen LogP contribution in [0.3, 0.4) is 0 Å². The molecule has 3 aromatic heterocycles. The van der Waals surface area contributed by atoms with Gasteiger partial charge in [0.15, 0.2) is 0 Å². The highest BCUT2D eigenvalue weighted by atomic mass is 32.2. The fraction of sp³-hybridized carbons (Fsp3) is 0.500. The minimum Gasteiger partial charge on any atom is -0.424 e. The van der Waals surface area contributed by atoms with Gasteiger partial charge in [0.25, 0.3) is 5.78 Å². The van der Waals surface area contributed by atoms with Crippen LogP contribution >= 0.6 is 11.8 Å². The molecule has 4 rings (SSSR count). The molecule has 0 unspecified atom stereocenters. The van der Waals surface area contributed by atoms with E-state index in [1.165, 1.54) is 11.8 Å². The highest BCUT2D eigenvalue weighted by Crippen LogP contribution is 2.39. The van der Waals surface area contributed by atoms with E-state index in [4.69, 9.17) is 4.42 Å². The first-order chi connectivity index (χ1) is 10.6. The maximum Gasteiger partial charge on any atom is 0.253 e. The molecule has 1 aliphatic rings. The van der Waals surface area contributed by atoms with Crippen LogP contribution in [0.25, 0.3) is 5.78 Å². The molecule has 0 spiro atoms. The molecule has 7 nitrogen and oxygen atoms in total. The Hall–Kier alpha value is -1.96. The van der Waals surface area contributed by atoms with Crippen molar-refractivity contribution in [2.24, 2.45) is 0 Å². The molecule has 114 valence electrons. The van der Waals surface area contributed by atoms with Crippen molar-refractivity contribution in [3.8, 4) is 0 Å². The number of rotatable bonds is 4. The van der Waals surface area contributed by atoms with E-state index in [2.05, 4.69) is 25.3 Å². The van der Waals surface area contributed by atoms with Crippen LogP contribution in [0, 0.1) is 20.8 Å². The Kier molecular flexibility index (Phi) is 3.14. The fourth-order valence-corrected chi connectivity index (χ4v) is 2.90. The normalized spacial score (nSPS) is 14.9. The van der Waals surface area contributed by atoms with Crippen LogP contribution < -0.4 is 0 Å². The van der Waals surface area contributed by atoms with Crippen LogP contribution in [0.1, 0.15) is 47.5 Å². The monoisotopic (exact) mass is 316 g/mol. The molecule has 0 atom stereocenters. The molecule has 22 heavy (non-hydrogen) atoms. The molecule has 3 heterocycles. The Labute approximate surface area is 131 Å². The summed E-state index contributed by atoms with van der Waals surface area (Å²) < 4.78 is 7.43. The first-order valence-corrected chi connectivity index (χ1v) is 8.26. The van der Waals surface area contributed by atoms with E-state index in [9.17, 15) is 0 Å². The summed E-state index contributed by atoms with van der Waals surface area (Å²) in [4.78, 5) is 8.93. The van der Waals surface area contributed by atoms with E-state index >= 15 is 0 Å². The summed E-state index contributed by atoms with van der Waals surface area (Å²) in [6, 6.07) is 0. The van der Waals surface area contributed by atoms with E-state index < -0.39 is 0 Å². The van der Waals surface area contributed by atoms with Crippen molar-refractivity contribution in [1.29, 1.82) is 0 Å². The van der Waals surface area contributed by atoms with Crippen molar-refractivity contribution in [3.63, 3.8) is 0 Å². The Morgan fingerprint density at radius 2 is 2.00 bits per heavy atom. The SMILES string of the molecule is Cc1nc2nc(SCc3nnc(C4CC4)o3)nn2c(C)c1C. The van der Waals surface area contributed by atoms with Gasteiger partial charge in [-0.15, -0.1) is 15.3 Å². The van der Waals surface area contributed by atoms with Gasteiger partial charge in [-0.2, -0.15) is 4.98 Å². The third-order valence-corrected chi connectivity index (χ3v) is 4.80. The number of thioether (sulfide) groups is 1. The second kappa shape index (κ2) is 5.05. The number of aromatic nitrogens is 6. The highest BCUT2D eigenvalue weighted by molar-refractivity contribution is 7.98. The van der Waals surface area contributed by atoms with Crippen molar-refractivity contribution in [3.05, 3.63) is 28.7 Å². The molecule has 0 bridgehead atoms. The summed E-state index contributed by atoms with van der Waals surface area (Å²) in [5, 5.41) is 13.3. The number of aryl methyl sites for hydroxylation is 2. The van der Waals surface area contributed by atoms with Crippen molar-refractivity contribution < 1.29 is 4.42 Å². The largest absolute Gasteiger partial charge is 0.424 e. The standard InChI is InChI=1S/C14H16N6OS/c1-7-8(2)15-13-16-14(19-20(13)9(7)3)22-6-11-17-18-12(21-11)10-4-5-10/h10H,4-6H2,1-3H3. The zero-order valence-corrected chi connectivity index (χ0v) is 13.5. The van der Waals surface area contributed by atoms with E-state index in [1.54, 1.807) is 4.52 Å². The second-order valence-corrected chi connectivity index (χ2v) is 6.55. The van der Waals surface area contributed by atoms with Crippen molar-refractivity contribution in [1.82, 2.24) is 29.8 Å².